The number of unbranched alkanes of at least 4 members (excludes halogenated alkanes) is 3. The summed E-state index contributed by atoms with van der Waals surface area (Å²) in [6, 6.07) is 8.07. The van der Waals surface area contributed by atoms with E-state index >= 15 is 0 Å². The van der Waals surface area contributed by atoms with E-state index in [1.165, 1.54) is 5.56 Å². The van der Waals surface area contributed by atoms with E-state index in [9.17, 15) is 4.79 Å². The monoisotopic (exact) mass is 246 g/mol. The lowest BCUT2D eigenvalue weighted by Crippen LogP contribution is -1.91. The van der Waals surface area contributed by atoms with Gasteiger partial charge in [0.1, 0.15) is 12.0 Å². The van der Waals surface area contributed by atoms with Crippen molar-refractivity contribution in [1.29, 1.82) is 0 Å². The minimum atomic E-state index is 0.676. The molecule has 0 heterocycles. The molecule has 0 saturated carbocycles. The molecule has 0 aliphatic rings. The highest BCUT2D eigenvalue weighted by atomic mass is 16.5. The Morgan fingerprint density at radius 1 is 1.22 bits per heavy atom. The van der Waals surface area contributed by atoms with Crippen molar-refractivity contribution in [3.63, 3.8) is 0 Å². The number of allylic oxidation sites excluding steroid dienone is 1. The van der Waals surface area contributed by atoms with Gasteiger partial charge in [-0.15, -0.1) is 0 Å². The average molecular weight is 246 g/mol. The summed E-state index contributed by atoms with van der Waals surface area (Å²) in [4.78, 5) is 10.2. The second-order valence-corrected chi connectivity index (χ2v) is 4.33. The van der Waals surface area contributed by atoms with E-state index in [0.717, 1.165) is 43.3 Å². The minimum absolute atomic E-state index is 0.676. The first-order chi connectivity index (χ1) is 8.77. The van der Waals surface area contributed by atoms with Crippen LogP contribution in [0.1, 0.15) is 44.6 Å². The van der Waals surface area contributed by atoms with E-state index in [4.69, 9.17) is 4.74 Å². The van der Waals surface area contributed by atoms with Gasteiger partial charge in [0, 0.05) is 6.42 Å². The van der Waals surface area contributed by atoms with Crippen molar-refractivity contribution < 1.29 is 9.53 Å². The average Bonchev–Trinajstić information content (AvgIpc) is 2.39. The summed E-state index contributed by atoms with van der Waals surface area (Å²) in [5.74, 6) is 0.903. The van der Waals surface area contributed by atoms with Crippen molar-refractivity contribution in [2.24, 2.45) is 0 Å². The molecule has 1 rings (SSSR count). The zero-order valence-corrected chi connectivity index (χ0v) is 11.2. The van der Waals surface area contributed by atoms with Crippen LogP contribution < -0.4 is 4.74 Å². The molecule has 0 amide bonds. The molecular formula is C16H22O2. The smallest absolute Gasteiger partial charge is 0.119 e. The van der Waals surface area contributed by atoms with Crippen LogP contribution >= 0.6 is 0 Å². The van der Waals surface area contributed by atoms with Crippen LogP contribution in [0, 0.1) is 0 Å². The van der Waals surface area contributed by atoms with Gasteiger partial charge in [0.2, 0.25) is 0 Å². The van der Waals surface area contributed by atoms with Crippen molar-refractivity contribution in [1.82, 2.24) is 0 Å². The summed E-state index contributed by atoms with van der Waals surface area (Å²) in [6.45, 7) is 6.78. The number of carbonyl (C=O) groups is 1. The number of hydrogen-bond acceptors (Lipinski definition) is 2. The number of hydrogen-bond donors (Lipinski definition) is 0. The van der Waals surface area contributed by atoms with Crippen LogP contribution in [0.25, 0.3) is 5.57 Å². The van der Waals surface area contributed by atoms with E-state index < -0.39 is 0 Å². The molecule has 2 nitrogen and oxygen atoms in total. The second kappa shape index (κ2) is 8.51. The maximum absolute atomic E-state index is 10.2. The molecule has 0 atom stereocenters. The Labute approximate surface area is 110 Å². The van der Waals surface area contributed by atoms with Gasteiger partial charge in [-0.25, -0.2) is 0 Å². The zero-order valence-electron chi connectivity index (χ0n) is 11.2. The van der Waals surface area contributed by atoms with Crippen LogP contribution in [-0.2, 0) is 4.79 Å². The van der Waals surface area contributed by atoms with Gasteiger partial charge in [-0.3, -0.25) is 0 Å². The lowest BCUT2D eigenvalue weighted by molar-refractivity contribution is -0.107. The molecule has 0 bridgehead atoms. The van der Waals surface area contributed by atoms with Crippen LogP contribution in [0.3, 0.4) is 0 Å². The highest BCUT2D eigenvalue weighted by Crippen LogP contribution is 2.22. The zero-order chi connectivity index (χ0) is 13.2. The van der Waals surface area contributed by atoms with Crippen molar-refractivity contribution >= 4 is 11.9 Å². The SMILES string of the molecule is C=C(CCCCCC=O)c1ccc(OCC)cc1. The summed E-state index contributed by atoms with van der Waals surface area (Å²) in [5, 5.41) is 0. The molecule has 0 unspecified atom stereocenters. The molecule has 98 valence electrons. The van der Waals surface area contributed by atoms with Gasteiger partial charge in [0.25, 0.3) is 0 Å². The van der Waals surface area contributed by atoms with E-state index in [2.05, 4.69) is 18.7 Å². The molecule has 0 radical (unpaired) electrons. The molecule has 0 aliphatic carbocycles. The van der Waals surface area contributed by atoms with Gasteiger partial charge in [0.15, 0.2) is 0 Å². The Balaban J connectivity index is 2.34. The summed E-state index contributed by atoms with van der Waals surface area (Å²) < 4.78 is 5.40. The number of ether oxygens (including phenoxy) is 1. The number of carbonyl (C=O) groups excluding carboxylic acids is 1. The Hall–Kier alpha value is -1.57. The standard InChI is InChI=1S/C16H22O2/c1-3-18-16-11-9-15(10-12-16)14(2)8-6-4-5-7-13-17/h9-13H,2-8H2,1H3. The Kier molecular flexibility index (Phi) is 6.85. The molecule has 2 heteroatoms. The third kappa shape index (κ3) is 5.17. The molecule has 1 aromatic carbocycles. The largest absolute Gasteiger partial charge is 0.494 e. The minimum Gasteiger partial charge on any atom is -0.494 e. The molecule has 0 N–H and O–H groups in total. The van der Waals surface area contributed by atoms with Gasteiger partial charge >= 0.3 is 0 Å². The quantitative estimate of drug-likeness (QED) is 0.481. The Morgan fingerprint density at radius 3 is 2.56 bits per heavy atom. The van der Waals surface area contributed by atoms with E-state index in [1.807, 2.05) is 19.1 Å². The molecule has 18 heavy (non-hydrogen) atoms. The molecule has 1 aromatic rings. The lowest BCUT2D eigenvalue weighted by atomic mass is 10.0. The van der Waals surface area contributed by atoms with Crippen LogP contribution in [0.2, 0.25) is 0 Å². The molecule has 0 aromatic heterocycles. The van der Waals surface area contributed by atoms with Gasteiger partial charge < -0.3 is 9.53 Å². The Bertz CT molecular complexity index is 365. The highest BCUT2D eigenvalue weighted by Gasteiger charge is 2.00. The van der Waals surface area contributed by atoms with Crippen molar-refractivity contribution in [2.75, 3.05) is 6.61 Å². The maximum Gasteiger partial charge on any atom is 0.119 e. The van der Waals surface area contributed by atoms with Gasteiger partial charge in [0.05, 0.1) is 6.61 Å². The predicted molar refractivity (Wildman–Crippen MR) is 75.8 cm³/mol. The molecule has 0 spiro atoms. The fraction of sp³-hybridized carbons (Fsp3) is 0.438. The lowest BCUT2D eigenvalue weighted by Gasteiger charge is -2.07. The maximum atomic E-state index is 10.2. The second-order valence-electron chi connectivity index (χ2n) is 4.33. The number of rotatable bonds is 9. The summed E-state index contributed by atoms with van der Waals surface area (Å²) in [5.41, 5.74) is 2.33. The van der Waals surface area contributed by atoms with Gasteiger partial charge in [-0.2, -0.15) is 0 Å². The van der Waals surface area contributed by atoms with Crippen molar-refractivity contribution in [3.8, 4) is 5.75 Å². The molecule has 0 aliphatic heterocycles. The third-order valence-corrected chi connectivity index (χ3v) is 2.87. The van der Waals surface area contributed by atoms with Crippen molar-refractivity contribution in [2.45, 2.75) is 39.0 Å². The predicted octanol–water partition coefficient (Wildman–Crippen LogP) is 4.25. The van der Waals surface area contributed by atoms with Crippen LogP contribution in [0.5, 0.6) is 5.75 Å². The molecule has 0 saturated heterocycles. The number of aldehydes is 1. The number of benzene rings is 1. The van der Waals surface area contributed by atoms with Gasteiger partial charge in [-0.05, 0) is 49.5 Å². The van der Waals surface area contributed by atoms with E-state index in [1.54, 1.807) is 0 Å². The first-order valence-electron chi connectivity index (χ1n) is 6.62. The Morgan fingerprint density at radius 2 is 1.94 bits per heavy atom. The van der Waals surface area contributed by atoms with Crippen LogP contribution in [0.4, 0.5) is 0 Å². The molecular weight excluding hydrogens is 224 g/mol. The van der Waals surface area contributed by atoms with E-state index in [0.29, 0.717) is 13.0 Å². The summed E-state index contributed by atoms with van der Waals surface area (Å²) in [7, 11) is 0. The van der Waals surface area contributed by atoms with Crippen LogP contribution in [0.15, 0.2) is 30.8 Å². The first kappa shape index (κ1) is 14.5. The topological polar surface area (TPSA) is 26.3 Å². The normalized spacial score (nSPS) is 10.1. The van der Waals surface area contributed by atoms with Crippen LogP contribution in [-0.4, -0.2) is 12.9 Å². The third-order valence-electron chi connectivity index (χ3n) is 2.87. The summed E-state index contributed by atoms with van der Waals surface area (Å²) >= 11 is 0. The first-order valence-corrected chi connectivity index (χ1v) is 6.62. The van der Waals surface area contributed by atoms with E-state index in [-0.39, 0.29) is 0 Å². The fourth-order valence-electron chi connectivity index (χ4n) is 1.84. The molecule has 0 fully saturated rings. The summed E-state index contributed by atoms with van der Waals surface area (Å²) in [6.07, 6.45) is 5.83. The highest BCUT2D eigenvalue weighted by molar-refractivity contribution is 5.63. The van der Waals surface area contributed by atoms with Gasteiger partial charge in [-0.1, -0.05) is 25.1 Å². The fourth-order valence-corrected chi connectivity index (χ4v) is 1.84. The van der Waals surface area contributed by atoms with Crippen molar-refractivity contribution in [3.05, 3.63) is 36.4 Å².